The van der Waals surface area contributed by atoms with Crippen LogP contribution in [-0.2, 0) is 3.74 Å². The summed E-state index contributed by atoms with van der Waals surface area (Å²) in [5, 5.41) is 3.34. The van der Waals surface area contributed by atoms with Crippen LogP contribution in [0.15, 0.2) is 0 Å². The van der Waals surface area contributed by atoms with E-state index in [2.05, 4.69) is 20.8 Å². The summed E-state index contributed by atoms with van der Waals surface area (Å²) in [5.41, 5.74) is 0. The van der Waals surface area contributed by atoms with Gasteiger partial charge in [-0.2, -0.15) is 0 Å². The second-order valence-electron chi connectivity index (χ2n) is 12.8. The molecule has 0 fully saturated rings. The topological polar surface area (TPSA) is 17.1 Å². The van der Waals surface area contributed by atoms with Crippen LogP contribution in [0.25, 0.3) is 0 Å². The minimum absolute atomic E-state index is 1.11. The average Bonchev–Trinajstić information content (AvgIpc) is 2.92. The Bertz CT molecular complexity index is 407. The first-order valence-electron chi connectivity index (χ1n) is 18.3. The molecule has 1 nitrogen and oxygen atoms in total. The van der Waals surface area contributed by atoms with E-state index in [-0.39, 0.29) is 0 Å². The molecule has 0 spiro atoms. The molecule has 0 bridgehead atoms. The van der Waals surface area contributed by atoms with Gasteiger partial charge in [0.1, 0.15) is 0 Å². The van der Waals surface area contributed by atoms with E-state index < -0.39 is 13.5 Å². The van der Waals surface area contributed by atoms with Gasteiger partial charge in [-0.25, -0.2) is 0 Å². The number of unbranched alkanes of at least 4 members (excludes halogenated alkanes) is 27. The van der Waals surface area contributed by atoms with Gasteiger partial charge in [0.15, 0.2) is 0 Å². The molecular formula is C36H75AsO. The van der Waals surface area contributed by atoms with Gasteiger partial charge < -0.3 is 0 Å². The van der Waals surface area contributed by atoms with Crippen molar-refractivity contribution < 1.29 is 3.74 Å². The van der Waals surface area contributed by atoms with Gasteiger partial charge in [-0.3, -0.25) is 0 Å². The molecule has 0 saturated carbocycles. The summed E-state index contributed by atoms with van der Waals surface area (Å²) >= 11 is -2.66. The first kappa shape index (κ1) is 38.4. The molecule has 0 atom stereocenters. The van der Waals surface area contributed by atoms with Crippen LogP contribution in [0.4, 0.5) is 0 Å². The van der Waals surface area contributed by atoms with E-state index in [0.717, 1.165) is 15.6 Å². The van der Waals surface area contributed by atoms with Gasteiger partial charge in [0.05, 0.1) is 0 Å². The van der Waals surface area contributed by atoms with Crippen molar-refractivity contribution in [3.05, 3.63) is 0 Å². The summed E-state index contributed by atoms with van der Waals surface area (Å²) in [4.78, 5) is 0. The zero-order valence-corrected chi connectivity index (χ0v) is 29.1. The van der Waals surface area contributed by atoms with E-state index in [0.29, 0.717) is 0 Å². The van der Waals surface area contributed by atoms with Crippen LogP contribution in [0.2, 0.25) is 15.6 Å². The van der Waals surface area contributed by atoms with Crippen LogP contribution in [0.5, 0.6) is 0 Å². The Morgan fingerprint density at radius 3 is 0.605 bits per heavy atom. The molecule has 0 aliphatic rings. The van der Waals surface area contributed by atoms with Gasteiger partial charge in [-0.15, -0.1) is 0 Å². The first-order valence-corrected chi connectivity index (χ1v) is 23.0. The molecule has 0 amide bonds. The third-order valence-electron chi connectivity index (χ3n) is 8.76. The number of hydrogen-bond donors (Lipinski definition) is 0. The molecule has 230 valence electrons. The van der Waals surface area contributed by atoms with E-state index in [1.807, 2.05) is 0 Å². The van der Waals surface area contributed by atoms with Crippen molar-refractivity contribution in [2.75, 3.05) is 0 Å². The Morgan fingerprint density at radius 2 is 0.421 bits per heavy atom. The van der Waals surface area contributed by atoms with Crippen molar-refractivity contribution >= 4 is 13.5 Å². The fourth-order valence-electron chi connectivity index (χ4n) is 6.00. The molecule has 0 N–H and O–H groups in total. The van der Waals surface area contributed by atoms with Crippen molar-refractivity contribution in [3.8, 4) is 0 Å². The predicted octanol–water partition coefficient (Wildman–Crippen LogP) is 14.1. The van der Waals surface area contributed by atoms with Crippen molar-refractivity contribution in [2.24, 2.45) is 0 Å². The van der Waals surface area contributed by atoms with Crippen LogP contribution in [0, 0.1) is 0 Å². The summed E-state index contributed by atoms with van der Waals surface area (Å²) in [6.07, 6.45) is 41.5. The van der Waals surface area contributed by atoms with Crippen LogP contribution in [-0.4, -0.2) is 13.5 Å². The second kappa shape index (κ2) is 31.9. The number of hydrogen-bond acceptors (Lipinski definition) is 1. The third-order valence-corrected chi connectivity index (χ3v) is 15.9. The van der Waals surface area contributed by atoms with E-state index in [4.69, 9.17) is 0 Å². The molecule has 0 aromatic rings. The maximum absolute atomic E-state index is 14.0. The quantitative estimate of drug-likeness (QED) is 0.0542. The Kier molecular flexibility index (Phi) is 32.2. The normalized spacial score (nSPS) is 12.0. The zero-order valence-electron chi connectivity index (χ0n) is 27.2. The Labute approximate surface area is 245 Å². The van der Waals surface area contributed by atoms with E-state index in [1.54, 1.807) is 0 Å². The number of rotatable bonds is 33. The molecule has 0 rings (SSSR count). The minimum atomic E-state index is -2.66. The summed E-state index contributed by atoms with van der Waals surface area (Å²) in [7, 11) is 0. The van der Waals surface area contributed by atoms with Crippen LogP contribution in [0.3, 0.4) is 0 Å². The van der Waals surface area contributed by atoms with Crippen molar-refractivity contribution in [2.45, 2.75) is 229 Å². The van der Waals surface area contributed by atoms with E-state index >= 15 is 0 Å². The SMILES string of the molecule is CCCCCCCCCCCC[As](=O)(CCCCCCCCCCCC)CCCCCCCCCCCC. The molecule has 0 radical (unpaired) electrons. The molecule has 0 aromatic heterocycles. The van der Waals surface area contributed by atoms with Crippen molar-refractivity contribution in [1.82, 2.24) is 0 Å². The van der Waals surface area contributed by atoms with Gasteiger partial charge in [-0.05, 0) is 0 Å². The van der Waals surface area contributed by atoms with Gasteiger partial charge in [0.2, 0.25) is 0 Å². The monoisotopic (exact) mass is 599 g/mol. The molecule has 0 aliphatic heterocycles. The van der Waals surface area contributed by atoms with E-state index in [1.165, 1.54) is 193 Å². The molecule has 0 unspecified atom stereocenters. The summed E-state index contributed by atoms with van der Waals surface area (Å²) in [6, 6.07) is 0. The van der Waals surface area contributed by atoms with E-state index in [9.17, 15) is 3.74 Å². The van der Waals surface area contributed by atoms with Gasteiger partial charge in [-0.1, -0.05) is 0 Å². The summed E-state index contributed by atoms with van der Waals surface area (Å²) < 4.78 is 14.0. The Hall–Kier alpha value is 0.358. The van der Waals surface area contributed by atoms with Gasteiger partial charge in [0, 0.05) is 0 Å². The van der Waals surface area contributed by atoms with Crippen LogP contribution >= 0.6 is 0 Å². The average molecular weight is 599 g/mol. The fraction of sp³-hybridized carbons (Fsp3) is 1.00. The Balaban J connectivity index is 4.07. The molecule has 0 aromatic carbocycles. The van der Waals surface area contributed by atoms with Gasteiger partial charge in [0.25, 0.3) is 0 Å². The van der Waals surface area contributed by atoms with Crippen molar-refractivity contribution in [1.29, 1.82) is 0 Å². The molecule has 2 heteroatoms. The zero-order chi connectivity index (χ0) is 27.8. The molecule has 0 heterocycles. The first-order chi connectivity index (χ1) is 18.7. The molecule has 38 heavy (non-hydrogen) atoms. The molecule has 0 aliphatic carbocycles. The van der Waals surface area contributed by atoms with Gasteiger partial charge >= 0.3 is 246 Å². The van der Waals surface area contributed by atoms with Crippen molar-refractivity contribution in [3.63, 3.8) is 0 Å². The Morgan fingerprint density at radius 1 is 0.263 bits per heavy atom. The fourth-order valence-corrected chi connectivity index (χ4v) is 12.4. The van der Waals surface area contributed by atoms with Crippen LogP contribution in [0.1, 0.15) is 213 Å². The maximum atomic E-state index is 14.0. The summed E-state index contributed by atoms with van der Waals surface area (Å²) in [6.45, 7) is 6.90. The standard InChI is InChI=1S/C36H75AsO/c1-4-7-10-13-16-19-22-25-28-31-34-37(38,35-32-29-26-23-20-17-14-11-8-5-2)36-33-30-27-24-21-18-15-12-9-6-3/h4-36H2,1-3H3. The third kappa shape index (κ3) is 29.3. The molecule has 0 saturated heterocycles. The summed E-state index contributed by atoms with van der Waals surface area (Å²) in [5.74, 6) is 0. The van der Waals surface area contributed by atoms with Crippen LogP contribution < -0.4 is 0 Å². The second-order valence-corrected chi connectivity index (χ2v) is 20.0. The predicted molar refractivity (Wildman–Crippen MR) is 176 cm³/mol. The molecular weight excluding hydrogens is 523 g/mol.